The van der Waals surface area contributed by atoms with Crippen LogP contribution < -0.4 is 10.5 Å². The second-order valence-corrected chi connectivity index (χ2v) is 7.40. The normalized spacial score (nSPS) is 24.0. The predicted molar refractivity (Wildman–Crippen MR) is 96.5 cm³/mol. The summed E-state index contributed by atoms with van der Waals surface area (Å²) in [6.45, 7) is 4.87. The number of likely N-dealkylation sites (tertiary alicyclic amines) is 1. The van der Waals surface area contributed by atoms with Gasteiger partial charge in [-0.1, -0.05) is 19.1 Å². The minimum Gasteiger partial charge on any atom is -0.488 e. The Kier molecular flexibility index (Phi) is 4.48. The molecular weight excluding hydrogens is 314 g/mol. The fraction of sp³-hybridized carbons (Fsp3) is 0.579. The lowest BCUT2D eigenvalue weighted by Gasteiger charge is -2.38. The molecule has 0 unspecified atom stereocenters. The number of nitrogens with zero attached hydrogens (tertiary/aromatic N) is 4. The summed E-state index contributed by atoms with van der Waals surface area (Å²) in [5, 5.41) is 8.78. The molecule has 2 fully saturated rings. The molecule has 6 nitrogen and oxygen atoms in total. The number of rotatable bonds is 6. The zero-order valence-corrected chi connectivity index (χ0v) is 15.1. The average molecular weight is 341 g/mol. The molecule has 0 bridgehead atoms. The van der Waals surface area contributed by atoms with Crippen LogP contribution in [0.3, 0.4) is 0 Å². The van der Waals surface area contributed by atoms with Gasteiger partial charge in [0.1, 0.15) is 23.5 Å². The molecule has 0 radical (unpaired) electrons. The Morgan fingerprint density at radius 3 is 2.76 bits per heavy atom. The third kappa shape index (κ3) is 3.41. The smallest absolute Gasteiger partial charge is 0.146 e. The van der Waals surface area contributed by atoms with Crippen molar-refractivity contribution in [2.75, 3.05) is 13.1 Å². The van der Waals surface area contributed by atoms with Crippen LogP contribution in [0.2, 0.25) is 0 Å². The number of ether oxygens (including phenoxy) is 1. The first-order chi connectivity index (χ1) is 12.1. The Hall–Kier alpha value is -1.92. The molecule has 1 aromatic carbocycles. The van der Waals surface area contributed by atoms with E-state index in [0.717, 1.165) is 56.3 Å². The van der Waals surface area contributed by atoms with E-state index in [9.17, 15) is 0 Å². The van der Waals surface area contributed by atoms with E-state index in [4.69, 9.17) is 10.5 Å². The fourth-order valence-corrected chi connectivity index (χ4v) is 3.70. The summed E-state index contributed by atoms with van der Waals surface area (Å²) in [4.78, 5) is 2.36. The Balaban J connectivity index is 1.28. The number of nitrogens with two attached hydrogens (primary N) is 1. The molecule has 0 spiro atoms. The van der Waals surface area contributed by atoms with Gasteiger partial charge in [-0.15, -0.1) is 10.2 Å². The van der Waals surface area contributed by atoms with E-state index < -0.39 is 0 Å². The van der Waals surface area contributed by atoms with Gasteiger partial charge in [0.15, 0.2) is 0 Å². The molecule has 134 valence electrons. The molecule has 1 aromatic heterocycles. The Bertz CT molecular complexity index is 731. The highest BCUT2D eigenvalue weighted by molar-refractivity contribution is 5.28. The molecule has 2 aromatic rings. The summed E-state index contributed by atoms with van der Waals surface area (Å²) in [5.41, 5.74) is 7.21. The summed E-state index contributed by atoms with van der Waals surface area (Å²) in [5.74, 6) is 3.58. The van der Waals surface area contributed by atoms with Crippen LogP contribution in [0.25, 0.3) is 0 Å². The number of aromatic nitrogens is 3. The van der Waals surface area contributed by atoms with Crippen molar-refractivity contribution in [3.63, 3.8) is 0 Å². The molecule has 0 atom stereocenters. The Morgan fingerprint density at radius 1 is 1.24 bits per heavy atom. The molecule has 1 aliphatic heterocycles. The first kappa shape index (κ1) is 16.5. The molecule has 1 saturated heterocycles. The van der Waals surface area contributed by atoms with Crippen molar-refractivity contribution in [2.24, 2.45) is 12.8 Å². The second kappa shape index (κ2) is 6.77. The van der Waals surface area contributed by atoms with Crippen molar-refractivity contribution in [2.45, 2.75) is 50.8 Å². The van der Waals surface area contributed by atoms with E-state index in [-0.39, 0.29) is 6.10 Å². The summed E-state index contributed by atoms with van der Waals surface area (Å²) in [6.07, 6.45) is 3.36. The molecule has 2 N–H and O–H groups in total. The maximum atomic E-state index is 6.07. The first-order valence-electron chi connectivity index (χ1n) is 9.24. The van der Waals surface area contributed by atoms with E-state index in [1.54, 1.807) is 0 Å². The number of hydrogen-bond acceptors (Lipinski definition) is 5. The van der Waals surface area contributed by atoms with Gasteiger partial charge in [0, 0.05) is 32.1 Å². The van der Waals surface area contributed by atoms with Crippen molar-refractivity contribution < 1.29 is 4.74 Å². The highest BCUT2D eigenvalue weighted by Gasteiger charge is 2.33. The molecule has 1 aliphatic carbocycles. The molecule has 2 aliphatic rings. The molecule has 4 rings (SSSR count). The molecule has 25 heavy (non-hydrogen) atoms. The lowest BCUT2D eigenvalue weighted by atomic mass is 9.80. The van der Waals surface area contributed by atoms with Crippen molar-refractivity contribution in [3.05, 3.63) is 41.5 Å². The maximum Gasteiger partial charge on any atom is 0.146 e. The van der Waals surface area contributed by atoms with Crippen LogP contribution in [0.5, 0.6) is 5.75 Å². The summed E-state index contributed by atoms with van der Waals surface area (Å²) in [6, 6.07) is 8.73. The molecule has 2 heterocycles. The fourth-order valence-electron chi connectivity index (χ4n) is 3.70. The van der Waals surface area contributed by atoms with Crippen LogP contribution in [0.1, 0.15) is 42.9 Å². The topological polar surface area (TPSA) is 69.2 Å². The quantitative estimate of drug-likeness (QED) is 0.868. The van der Waals surface area contributed by atoms with E-state index in [2.05, 4.69) is 51.8 Å². The van der Waals surface area contributed by atoms with Gasteiger partial charge in [-0.25, -0.2) is 0 Å². The van der Waals surface area contributed by atoms with Crippen LogP contribution in [0, 0.1) is 0 Å². The van der Waals surface area contributed by atoms with Crippen LogP contribution in [0.15, 0.2) is 24.3 Å². The van der Waals surface area contributed by atoms with Gasteiger partial charge in [0.05, 0.1) is 6.54 Å². The molecule has 1 saturated carbocycles. The second-order valence-electron chi connectivity index (χ2n) is 7.40. The number of benzene rings is 1. The highest BCUT2D eigenvalue weighted by atomic mass is 16.5. The van der Waals surface area contributed by atoms with Gasteiger partial charge in [-0.3, -0.25) is 4.90 Å². The van der Waals surface area contributed by atoms with Gasteiger partial charge >= 0.3 is 0 Å². The van der Waals surface area contributed by atoms with Crippen molar-refractivity contribution in [1.29, 1.82) is 0 Å². The number of aryl methyl sites for hydroxylation is 1. The molecule has 6 heteroatoms. The Labute approximate surface area is 149 Å². The van der Waals surface area contributed by atoms with Gasteiger partial charge in [-0.2, -0.15) is 0 Å². The highest BCUT2D eigenvalue weighted by Crippen LogP contribution is 2.34. The third-order valence-corrected chi connectivity index (χ3v) is 5.44. The zero-order chi connectivity index (χ0) is 17.4. The Morgan fingerprint density at radius 2 is 2.04 bits per heavy atom. The van der Waals surface area contributed by atoms with Gasteiger partial charge in [0.25, 0.3) is 0 Å². The minimum absolute atomic E-state index is 0.268. The van der Waals surface area contributed by atoms with Gasteiger partial charge in [-0.05, 0) is 37.0 Å². The molecular formula is C19H27N5O. The van der Waals surface area contributed by atoms with E-state index in [0.29, 0.717) is 12.0 Å². The third-order valence-electron chi connectivity index (χ3n) is 5.44. The SMILES string of the molecule is CCc1cccc(OC2CN(Cc3nnc(C4CC(N)C4)n3C)C2)c1. The predicted octanol–water partition coefficient (Wildman–Crippen LogP) is 1.85. The van der Waals surface area contributed by atoms with Crippen molar-refractivity contribution in [1.82, 2.24) is 19.7 Å². The van der Waals surface area contributed by atoms with Crippen LogP contribution in [0.4, 0.5) is 0 Å². The summed E-state index contributed by atoms with van der Waals surface area (Å²) >= 11 is 0. The summed E-state index contributed by atoms with van der Waals surface area (Å²) in [7, 11) is 2.07. The largest absolute Gasteiger partial charge is 0.488 e. The van der Waals surface area contributed by atoms with E-state index in [1.165, 1.54) is 5.56 Å². The van der Waals surface area contributed by atoms with Crippen LogP contribution in [-0.4, -0.2) is 44.9 Å². The standard InChI is InChI=1S/C19H27N5O/c1-3-13-5-4-6-16(7-13)25-17-10-24(11-17)12-18-21-22-19(23(18)2)14-8-15(20)9-14/h4-7,14-15,17H,3,8-12,20H2,1-2H3. The lowest BCUT2D eigenvalue weighted by Crippen LogP contribution is -2.53. The maximum absolute atomic E-state index is 6.07. The minimum atomic E-state index is 0.268. The molecule has 0 amide bonds. The lowest BCUT2D eigenvalue weighted by molar-refractivity contribution is 0.0124. The van der Waals surface area contributed by atoms with Crippen LogP contribution >= 0.6 is 0 Å². The van der Waals surface area contributed by atoms with Gasteiger partial charge < -0.3 is 15.0 Å². The van der Waals surface area contributed by atoms with Gasteiger partial charge in [0.2, 0.25) is 0 Å². The average Bonchev–Trinajstić information content (AvgIpc) is 2.90. The van der Waals surface area contributed by atoms with E-state index >= 15 is 0 Å². The first-order valence-corrected chi connectivity index (χ1v) is 9.24. The number of hydrogen-bond donors (Lipinski definition) is 1. The van der Waals surface area contributed by atoms with Crippen molar-refractivity contribution in [3.8, 4) is 5.75 Å². The summed E-state index contributed by atoms with van der Waals surface area (Å²) < 4.78 is 8.22. The van der Waals surface area contributed by atoms with E-state index in [1.807, 2.05) is 6.07 Å². The monoisotopic (exact) mass is 341 g/mol. The van der Waals surface area contributed by atoms with Crippen LogP contribution in [-0.2, 0) is 20.0 Å². The zero-order valence-electron chi connectivity index (χ0n) is 15.1. The van der Waals surface area contributed by atoms with Crippen molar-refractivity contribution >= 4 is 0 Å².